The third kappa shape index (κ3) is 2.90. The highest BCUT2D eigenvalue weighted by Crippen LogP contribution is 2.13. The molecule has 0 atom stereocenters. The Morgan fingerprint density at radius 3 is 2.60 bits per heavy atom. The Morgan fingerprint density at radius 2 is 2.07 bits per heavy atom. The van der Waals surface area contributed by atoms with Crippen LogP contribution >= 0.6 is 0 Å². The minimum absolute atomic E-state index is 0.0475. The molecule has 0 aromatic carbocycles. The maximum absolute atomic E-state index is 7.40. The lowest BCUT2D eigenvalue weighted by Crippen LogP contribution is -2.27. The predicted molar refractivity (Wildman–Crippen MR) is 61.2 cm³/mol. The zero-order valence-corrected chi connectivity index (χ0v) is 9.36. The van der Waals surface area contributed by atoms with Gasteiger partial charge in [-0.15, -0.1) is 0 Å². The Bertz CT molecular complexity index is 347. The summed E-state index contributed by atoms with van der Waals surface area (Å²) in [6, 6.07) is 0. The van der Waals surface area contributed by atoms with Crippen molar-refractivity contribution in [3.63, 3.8) is 0 Å². The molecule has 1 heterocycles. The van der Waals surface area contributed by atoms with Crippen molar-refractivity contribution in [2.75, 3.05) is 18.5 Å². The smallest absolute Gasteiger partial charge is 0.158 e. The highest BCUT2D eigenvalue weighted by atomic mass is 15.2. The van der Waals surface area contributed by atoms with E-state index in [1.807, 2.05) is 11.9 Å². The lowest BCUT2D eigenvalue weighted by molar-refractivity contribution is 0.633. The van der Waals surface area contributed by atoms with Gasteiger partial charge in [0.1, 0.15) is 11.5 Å². The molecule has 5 nitrogen and oxygen atoms in total. The topological polar surface area (TPSA) is 78.9 Å². The van der Waals surface area contributed by atoms with Crippen LogP contribution < -0.4 is 10.6 Å². The van der Waals surface area contributed by atoms with Gasteiger partial charge < -0.3 is 10.6 Å². The van der Waals surface area contributed by atoms with Crippen molar-refractivity contribution in [2.45, 2.75) is 13.8 Å². The number of rotatable bonds is 4. The highest BCUT2D eigenvalue weighted by Gasteiger charge is 2.12. The second kappa shape index (κ2) is 4.72. The maximum atomic E-state index is 7.40. The first kappa shape index (κ1) is 11.4. The number of amidine groups is 1. The fraction of sp³-hybridized carbons (Fsp3) is 0.500. The Morgan fingerprint density at radius 1 is 1.47 bits per heavy atom. The molecule has 1 aromatic rings. The van der Waals surface area contributed by atoms with Crippen molar-refractivity contribution in [3.8, 4) is 0 Å². The van der Waals surface area contributed by atoms with E-state index >= 15 is 0 Å². The minimum atomic E-state index is -0.0475. The summed E-state index contributed by atoms with van der Waals surface area (Å²) in [5.74, 6) is 1.14. The van der Waals surface area contributed by atoms with Crippen LogP contribution in [0.1, 0.15) is 19.5 Å². The molecule has 0 aliphatic carbocycles. The number of nitrogen functional groups attached to an aromatic ring is 1. The van der Waals surface area contributed by atoms with Gasteiger partial charge in [-0.25, -0.2) is 9.97 Å². The molecule has 0 radical (unpaired) electrons. The van der Waals surface area contributed by atoms with Crippen molar-refractivity contribution in [1.82, 2.24) is 9.97 Å². The van der Waals surface area contributed by atoms with E-state index in [2.05, 4.69) is 23.8 Å². The molecule has 3 N–H and O–H groups in total. The third-order valence-electron chi connectivity index (χ3n) is 1.93. The first-order chi connectivity index (χ1) is 7.02. The predicted octanol–water partition coefficient (Wildman–Crippen LogP) is 0.853. The second-order valence-corrected chi connectivity index (χ2v) is 3.92. The first-order valence-corrected chi connectivity index (χ1v) is 4.89. The lowest BCUT2D eigenvalue weighted by atomic mass is 10.2. The fourth-order valence-electron chi connectivity index (χ4n) is 1.43. The minimum Gasteiger partial charge on any atom is -0.382 e. The standard InChI is InChI=1S/C10H17N5/c1-7(2)6-15(3)10-8(9(11)12)13-4-5-14-10/h4-5,7H,6H2,1-3H3,(H3,11,12). The van der Waals surface area contributed by atoms with Crippen molar-refractivity contribution in [3.05, 3.63) is 18.1 Å². The summed E-state index contributed by atoms with van der Waals surface area (Å²) in [6.07, 6.45) is 3.15. The van der Waals surface area contributed by atoms with Gasteiger partial charge in [0.2, 0.25) is 0 Å². The summed E-state index contributed by atoms with van der Waals surface area (Å²) in [5, 5.41) is 7.40. The maximum Gasteiger partial charge on any atom is 0.158 e. The summed E-state index contributed by atoms with van der Waals surface area (Å²) in [6.45, 7) is 5.11. The van der Waals surface area contributed by atoms with Crippen molar-refractivity contribution >= 4 is 11.7 Å². The average molecular weight is 207 g/mol. The molecule has 0 spiro atoms. The Labute approximate surface area is 89.8 Å². The van der Waals surface area contributed by atoms with Crippen LogP contribution in [0.15, 0.2) is 12.4 Å². The molecule has 0 fully saturated rings. The molecular weight excluding hydrogens is 190 g/mol. The normalized spacial score (nSPS) is 10.4. The third-order valence-corrected chi connectivity index (χ3v) is 1.93. The molecule has 1 aromatic heterocycles. The summed E-state index contributed by atoms with van der Waals surface area (Å²) < 4.78 is 0. The van der Waals surface area contributed by atoms with Crippen molar-refractivity contribution in [1.29, 1.82) is 5.41 Å². The molecule has 1 rings (SSSR count). The van der Waals surface area contributed by atoms with Crippen LogP contribution in [-0.4, -0.2) is 29.4 Å². The molecule has 0 unspecified atom stereocenters. The van der Waals surface area contributed by atoms with Crippen LogP contribution in [-0.2, 0) is 0 Å². The van der Waals surface area contributed by atoms with Crippen LogP contribution in [0.5, 0.6) is 0 Å². The Kier molecular flexibility index (Phi) is 3.60. The van der Waals surface area contributed by atoms with Crippen molar-refractivity contribution in [2.24, 2.45) is 11.7 Å². The Hall–Kier alpha value is -1.65. The van der Waals surface area contributed by atoms with Crippen LogP contribution in [0.4, 0.5) is 5.82 Å². The van der Waals surface area contributed by atoms with E-state index in [0.717, 1.165) is 6.54 Å². The van der Waals surface area contributed by atoms with Gasteiger partial charge in [-0.05, 0) is 5.92 Å². The summed E-state index contributed by atoms with van der Waals surface area (Å²) in [4.78, 5) is 10.2. The number of nitrogens with zero attached hydrogens (tertiary/aromatic N) is 3. The number of hydrogen-bond donors (Lipinski definition) is 2. The molecule has 0 bridgehead atoms. The quantitative estimate of drug-likeness (QED) is 0.566. The molecule has 0 aliphatic rings. The molecule has 15 heavy (non-hydrogen) atoms. The van der Waals surface area contributed by atoms with Gasteiger partial charge >= 0.3 is 0 Å². The molecule has 82 valence electrons. The lowest BCUT2D eigenvalue weighted by Gasteiger charge is -2.21. The monoisotopic (exact) mass is 207 g/mol. The fourth-order valence-corrected chi connectivity index (χ4v) is 1.43. The zero-order chi connectivity index (χ0) is 11.4. The Balaban J connectivity index is 2.97. The molecule has 0 amide bonds. The molecule has 0 saturated heterocycles. The number of aromatic nitrogens is 2. The molecular formula is C10H17N5. The van der Waals surface area contributed by atoms with Crippen LogP contribution in [0.25, 0.3) is 0 Å². The molecule has 0 saturated carbocycles. The second-order valence-electron chi connectivity index (χ2n) is 3.92. The molecule has 0 aliphatic heterocycles. The average Bonchev–Trinajstić information content (AvgIpc) is 2.16. The van der Waals surface area contributed by atoms with Gasteiger partial charge in [0.15, 0.2) is 5.82 Å². The van der Waals surface area contributed by atoms with Crippen molar-refractivity contribution < 1.29 is 0 Å². The van der Waals surface area contributed by atoms with Gasteiger partial charge in [-0.3, -0.25) is 5.41 Å². The van der Waals surface area contributed by atoms with Gasteiger partial charge in [0, 0.05) is 26.0 Å². The van der Waals surface area contributed by atoms with E-state index < -0.39 is 0 Å². The van der Waals surface area contributed by atoms with Gasteiger partial charge in [0.25, 0.3) is 0 Å². The number of nitrogens with one attached hydrogen (secondary N) is 1. The summed E-state index contributed by atoms with van der Waals surface area (Å²) >= 11 is 0. The number of hydrogen-bond acceptors (Lipinski definition) is 4. The number of nitrogens with two attached hydrogens (primary N) is 1. The number of anilines is 1. The summed E-state index contributed by atoms with van der Waals surface area (Å²) in [7, 11) is 1.93. The van der Waals surface area contributed by atoms with E-state index in [9.17, 15) is 0 Å². The van der Waals surface area contributed by atoms with Gasteiger partial charge in [-0.2, -0.15) is 0 Å². The van der Waals surface area contributed by atoms with E-state index in [0.29, 0.717) is 17.4 Å². The SMILES string of the molecule is CC(C)CN(C)c1nccnc1C(=N)N. The van der Waals surface area contributed by atoms with Crippen LogP contribution in [0.2, 0.25) is 0 Å². The van der Waals surface area contributed by atoms with Gasteiger partial charge in [-0.1, -0.05) is 13.8 Å². The van der Waals surface area contributed by atoms with Crippen LogP contribution in [0.3, 0.4) is 0 Å². The van der Waals surface area contributed by atoms with E-state index in [4.69, 9.17) is 11.1 Å². The van der Waals surface area contributed by atoms with Crippen LogP contribution in [0, 0.1) is 11.3 Å². The first-order valence-electron chi connectivity index (χ1n) is 4.89. The van der Waals surface area contributed by atoms with Gasteiger partial charge in [0.05, 0.1) is 0 Å². The zero-order valence-electron chi connectivity index (χ0n) is 9.36. The highest BCUT2D eigenvalue weighted by molar-refractivity contribution is 5.97. The molecule has 5 heteroatoms. The summed E-state index contributed by atoms with van der Waals surface area (Å²) in [5.41, 5.74) is 5.88. The van der Waals surface area contributed by atoms with E-state index in [-0.39, 0.29) is 5.84 Å². The van der Waals surface area contributed by atoms with E-state index in [1.165, 1.54) is 0 Å². The van der Waals surface area contributed by atoms with E-state index in [1.54, 1.807) is 12.4 Å². The largest absolute Gasteiger partial charge is 0.382 e.